The van der Waals surface area contributed by atoms with Gasteiger partial charge in [-0.15, -0.1) is 23.2 Å². The Morgan fingerprint density at radius 2 is 1.83 bits per heavy atom. The number of benzene rings is 1. The number of halogens is 2. The van der Waals surface area contributed by atoms with Crippen LogP contribution in [0.2, 0.25) is 0 Å². The lowest BCUT2D eigenvalue weighted by molar-refractivity contribution is -0.152. The van der Waals surface area contributed by atoms with Gasteiger partial charge in [0.15, 0.2) is 6.61 Å². The smallest absolute Gasteiger partial charge is 0.315 e. The lowest BCUT2D eigenvalue weighted by Gasteiger charge is -2.26. The van der Waals surface area contributed by atoms with Gasteiger partial charge >= 0.3 is 5.97 Å². The van der Waals surface area contributed by atoms with Gasteiger partial charge in [0.1, 0.15) is 9.75 Å². The third-order valence-corrected chi connectivity index (χ3v) is 8.47. The Hall–Kier alpha value is -1.35. The van der Waals surface area contributed by atoms with Crippen LogP contribution < -0.4 is 5.32 Å². The van der Waals surface area contributed by atoms with E-state index in [-0.39, 0.29) is 11.3 Å². The largest absolute Gasteiger partial charge is 0.455 e. The van der Waals surface area contributed by atoms with E-state index >= 15 is 0 Å². The van der Waals surface area contributed by atoms with Gasteiger partial charge in [-0.05, 0) is 44.4 Å². The fourth-order valence-corrected chi connectivity index (χ4v) is 5.48. The third kappa shape index (κ3) is 4.55. The molecule has 1 N–H and O–H groups in total. The number of carbonyl (C=O) groups is 2. The van der Waals surface area contributed by atoms with E-state index in [1.54, 1.807) is 19.9 Å². The van der Waals surface area contributed by atoms with Gasteiger partial charge in [-0.1, -0.05) is 12.5 Å². The first-order chi connectivity index (χ1) is 13.5. The molecule has 1 aromatic rings. The number of alkyl halides is 2. The monoisotopic (exact) mass is 462 g/mol. The Balaban J connectivity index is 1.65. The van der Waals surface area contributed by atoms with Crippen LogP contribution >= 0.6 is 23.2 Å². The molecule has 0 spiro atoms. The summed E-state index contributed by atoms with van der Waals surface area (Å²) in [6.07, 6.45) is 2.96. The maximum Gasteiger partial charge on any atom is 0.315 e. The standard InChI is InChI=1S/C19H24Cl2N2O5S/c1-13-6-7-14(29(26,27)23-8-4-3-5-9-23)10-15(13)22-16(24)11-28-17(25)18(2)12-19(18,20)21/h6-7,10H,3-5,8-9,11-12H2,1-2H3,(H,22,24)/t18-/m1/s1. The molecule has 1 heterocycles. The summed E-state index contributed by atoms with van der Waals surface area (Å²) in [7, 11) is -3.62. The highest BCUT2D eigenvalue weighted by Crippen LogP contribution is 2.64. The predicted molar refractivity (Wildman–Crippen MR) is 111 cm³/mol. The van der Waals surface area contributed by atoms with Gasteiger partial charge in [-0.25, -0.2) is 8.42 Å². The van der Waals surface area contributed by atoms with E-state index in [0.717, 1.165) is 19.3 Å². The molecule has 29 heavy (non-hydrogen) atoms. The SMILES string of the molecule is Cc1ccc(S(=O)(=O)N2CCCCC2)cc1NC(=O)COC(=O)[C@@]1(C)CC1(Cl)Cl. The van der Waals surface area contributed by atoms with E-state index in [4.69, 9.17) is 27.9 Å². The Morgan fingerprint density at radius 3 is 2.41 bits per heavy atom. The van der Waals surface area contributed by atoms with Crippen molar-refractivity contribution in [2.75, 3.05) is 25.0 Å². The number of ether oxygens (including phenoxy) is 1. The van der Waals surface area contributed by atoms with E-state index in [0.29, 0.717) is 24.3 Å². The van der Waals surface area contributed by atoms with Crippen LogP contribution in [0.5, 0.6) is 0 Å². The maximum atomic E-state index is 12.8. The minimum Gasteiger partial charge on any atom is -0.455 e. The van der Waals surface area contributed by atoms with Crippen LogP contribution in [0, 0.1) is 12.3 Å². The molecule has 2 aliphatic rings. The summed E-state index contributed by atoms with van der Waals surface area (Å²) in [5, 5.41) is 2.61. The first-order valence-electron chi connectivity index (χ1n) is 9.43. The molecule has 0 unspecified atom stereocenters. The summed E-state index contributed by atoms with van der Waals surface area (Å²) in [6, 6.07) is 4.60. The van der Waals surface area contributed by atoms with Crippen LogP contribution in [0.15, 0.2) is 23.1 Å². The Morgan fingerprint density at radius 1 is 1.21 bits per heavy atom. The van der Waals surface area contributed by atoms with Crippen molar-refractivity contribution >= 4 is 50.8 Å². The van der Waals surface area contributed by atoms with Crippen molar-refractivity contribution in [1.29, 1.82) is 0 Å². The number of sulfonamides is 1. The Labute approximate surface area is 180 Å². The molecule has 3 rings (SSSR count). The molecule has 1 atom stereocenters. The zero-order valence-corrected chi connectivity index (χ0v) is 18.7. The molecule has 1 aromatic carbocycles. The summed E-state index contributed by atoms with van der Waals surface area (Å²) in [4.78, 5) is 24.4. The Bertz CT molecular complexity index is 929. The summed E-state index contributed by atoms with van der Waals surface area (Å²) in [6.45, 7) is 3.80. The number of hydrogen-bond donors (Lipinski definition) is 1. The second-order valence-corrected chi connectivity index (χ2v) is 11.2. The van der Waals surface area contributed by atoms with Crippen LogP contribution in [0.25, 0.3) is 0 Å². The van der Waals surface area contributed by atoms with Gasteiger partial charge < -0.3 is 10.1 Å². The number of carbonyl (C=O) groups excluding carboxylic acids is 2. The maximum absolute atomic E-state index is 12.8. The average molecular weight is 463 g/mol. The van der Waals surface area contributed by atoms with E-state index in [1.807, 2.05) is 0 Å². The van der Waals surface area contributed by atoms with Crippen molar-refractivity contribution in [2.45, 2.75) is 48.8 Å². The fraction of sp³-hybridized carbons (Fsp3) is 0.579. The topological polar surface area (TPSA) is 92.8 Å². The minimum atomic E-state index is -3.62. The molecule has 1 saturated carbocycles. The van der Waals surface area contributed by atoms with Gasteiger partial charge in [0.2, 0.25) is 10.0 Å². The minimum absolute atomic E-state index is 0.122. The molecule has 1 aliphatic heterocycles. The van der Waals surface area contributed by atoms with Gasteiger partial charge in [-0.3, -0.25) is 9.59 Å². The van der Waals surface area contributed by atoms with E-state index < -0.39 is 38.3 Å². The Kier molecular flexibility index (Phi) is 6.21. The second kappa shape index (κ2) is 8.06. The molecule has 160 valence electrons. The lowest BCUT2D eigenvalue weighted by Crippen LogP contribution is -2.35. The number of anilines is 1. The molecule has 0 bridgehead atoms. The van der Waals surface area contributed by atoms with Crippen molar-refractivity contribution in [3.05, 3.63) is 23.8 Å². The van der Waals surface area contributed by atoms with Crippen LogP contribution in [-0.2, 0) is 24.3 Å². The van der Waals surface area contributed by atoms with E-state index in [2.05, 4.69) is 5.32 Å². The highest BCUT2D eigenvalue weighted by atomic mass is 35.5. The first-order valence-corrected chi connectivity index (χ1v) is 11.6. The molecular weight excluding hydrogens is 439 g/mol. The average Bonchev–Trinajstić information content (AvgIpc) is 3.21. The van der Waals surface area contributed by atoms with Crippen LogP contribution in [0.1, 0.15) is 38.2 Å². The number of piperidine rings is 1. The summed E-state index contributed by atoms with van der Waals surface area (Å²) < 4.78 is 31.0. The number of rotatable bonds is 6. The molecule has 1 amide bonds. The van der Waals surface area contributed by atoms with Crippen LogP contribution in [0.3, 0.4) is 0 Å². The number of amides is 1. The highest BCUT2D eigenvalue weighted by molar-refractivity contribution is 7.89. The molecule has 1 saturated heterocycles. The molecule has 1 aliphatic carbocycles. The van der Waals surface area contributed by atoms with Gasteiger partial charge in [0, 0.05) is 25.2 Å². The molecule has 7 nitrogen and oxygen atoms in total. The third-order valence-electron chi connectivity index (χ3n) is 5.48. The van der Waals surface area contributed by atoms with Crippen molar-refractivity contribution in [3.8, 4) is 0 Å². The van der Waals surface area contributed by atoms with Crippen molar-refractivity contribution in [3.63, 3.8) is 0 Å². The van der Waals surface area contributed by atoms with Crippen LogP contribution in [0.4, 0.5) is 5.69 Å². The fourth-order valence-electron chi connectivity index (χ4n) is 3.25. The van der Waals surface area contributed by atoms with Crippen molar-refractivity contribution in [1.82, 2.24) is 4.31 Å². The van der Waals surface area contributed by atoms with Crippen LogP contribution in [-0.4, -0.2) is 48.6 Å². The van der Waals surface area contributed by atoms with Gasteiger partial charge in [0.25, 0.3) is 5.91 Å². The normalized spacial score (nSPS) is 24.0. The quantitative estimate of drug-likeness (QED) is 0.517. The lowest BCUT2D eigenvalue weighted by atomic mass is 10.1. The zero-order valence-electron chi connectivity index (χ0n) is 16.3. The van der Waals surface area contributed by atoms with Crippen molar-refractivity contribution in [2.24, 2.45) is 5.41 Å². The zero-order chi connectivity index (χ0) is 21.4. The molecule has 0 aromatic heterocycles. The number of nitrogens with zero attached hydrogens (tertiary/aromatic N) is 1. The number of nitrogens with one attached hydrogen (secondary N) is 1. The van der Waals surface area contributed by atoms with Crippen molar-refractivity contribution < 1.29 is 22.7 Å². The number of aryl methyl sites for hydroxylation is 1. The molecular formula is C19H24Cl2N2O5S. The van der Waals surface area contributed by atoms with Gasteiger partial charge in [-0.2, -0.15) is 4.31 Å². The summed E-state index contributed by atoms with van der Waals surface area (Å²) in [5.74, 6) is -1.22. The second-order valence-electron chi connectivity index (χ2n) is 7.78. The molecule has 0 radical (unpaired) electrons. The van der Waals surface area contributed by atoms with E-state index in [9.17, 15) is 18.0 Å². The summed E-state index contributed by atoms with van der Waals surface area (Å²) >= 11 is 11.9. The molecule has 2 fully saturated rings. The number of esters is 1. The molecule has 10 heteroatoms. The predicted octanol–water partition coefficient (Wildman–Crippen LogP) is 3.24. The summed E-state index contributed by atoms with van der Waals surface area (Å²) in [5.41, 5.74) is 0.0251. The van der Waals surface area contributed by atoms with Gasteiger partial charge in [0.05, 0.1) is 4.90 Å². The highest BCUT2D eigenvalue weighted by Gasteiger charge is 2.69. The number of hydrogen-bond acceptors (Lipinski definition) is 5. The first kappa shape index (κ1) is 22.3. The van der Waals surface area contributed by atoms with E-state index in [1.165, 1.54) is 16.4 Å².